The van der Waals surface area contributed by atoms with Crippen molar-refractivity contribution in [3.8, 4) is 11.5 Å². The van der Waals surface area contributed by atoms with Crippen LogP contribution in [-0.4, -0.2) is 25.5 Å². The minimum absolute atomic E-state index is 0.115. The van der Waals surface area contributed by atoms with Crippen LogP contribution >= 0.6 is 0 Å². The van der Waals surface area contributed by atoms with Gasteiger partial charge in [0.1, 0.15) is 11.5 Å². The van der Waals surface area contributed by atoms with Crippen LogP contribution in [0.4, 0.5) is 17.2 Å². The predicted molar refractivity (Wildman–Crippen MR) is 107 cm³/mol. The molecular weight excluding hydrogens is 394 g/mol. The molecule has 0 radical (unpaired) electrons. The smallest absolute Gasteiger partial charge is 0.345 e. The van der Waals surface area contributed by atoms with Crippen LogP contribution in [0.25, 0.3) is 0 Å². The van der Waals surface area contributed by atoms with Gasteiger partial charge in [0.15, 0.2) is 6.54 Å². The molecule has 30 heavy (non-hydrogen) atoms. The summed E-state index contributed by atoms with van der Waals surface area (Å²) in [6.45, 7) is 2.96. The van der Waals surface area contributed by atoms with Crippen molar-refractivity contribution in [2.24, 2.45) is 0 Å². The van der Waals surface area contributed by atoms with E-state index in [0.29, 0.717) is 11.4 Å². The first kappa shape index (κ1) is 20.5. The lowest BCUT2D eigenvalue weighted by Crippen LogP contribution is -2.20. The number of benzene rings is 2. The standard InChI is InChI=1S/C19H17N5O6/c1-12-5-3-4-6-17(12)30-16-9-14(8-15(10-16)23(26)27)20-18(25)11-22-19(24(28)29)7-13(2)21-22/h3-10H,11H2,1-2H3,(H,20,25). The molecule has 0 aliphatic heterocycles. The molecule has 0 aliphatic carbocycles. The van der Waals surface area contributed by atoms with Crippen molar-refractivity contribution in [2.45, 2.75) is 20.4 Å². The number of nitro groups is 2. The highest BCUT2D eigenvalue weighted by molar-refractivity contribution is 5.91. The van der Waals surface area contributed by atoms with Gasteiger partial charge in [-0.2, -0.15) is 0 Å². The Morgan fingerprint density at radius 1 is 1.10 bits per heavy atom. The molecule has 154 valence electrons. The summed E-state index contributed by atoms with van der Waals surface area (Å²) in [6, 6.07) is 12.2. The zero-order valence-corrected chi connectivity index (χ0v) is 16.1. The molecule has 1 N–H and O–H groups in total. The summed E-state index contributed by atoms with van der Waals surface area (Å²) in [5.41, 5.74) is 1.05. The molecule has 0 saturated carbocycles. The number of nitrogens with zero attached hydrogens (tertiary/aromatic N) is 4. The lowest BCUT2D eigenvalue weighted by molar-refractivity contribution is -0.392. The average molecular weight is 411 g/mol. The lowest BCUT2D eigenvalue weighted by Gasteiger charge is -2.10. The summed E-state index contributed by atoms with van der Waals surface area (Å²) in [6.07, 6.45) is 0. The van der Waals surface area contributed by atoms with Crippen LogP contribution in [-0.2, 0) is 11.3 Å². The van der Waals surface area contributed by atoms with Crippen molar-refractivity contribution < 1.29 is 19.4 Å². The summed E-state index contributed by atoms with van der Waals surface area (Å²) in [5.74, 6) is -0.290. The van der Waals surface area contributed by atoms with Gasteiger partial charge in [-0.15, -0.1) is 4.68 Å². The number of para-hydroxylation sites is 1. The van der Waals surface area contributed by atoms with Crippen LogP contribution in [0.3, 0.4) is 0 Å². The Labute approximate surface area is 170 Å². The average Bonchev–Trinajstić information content (AvgIpc) is 3.03. The molecule has 0 aliphatic rings. The summed E-state index contributed by atoms with van der Waals surface area (Å²) < 4.78 is 6.68. The number of rotatable bonds is 7. The number of aromatic nitrogens is 2. The molecule has 11 nitrogen and oxygen atoms in total. The number of ether oxygens (including phenoxy) is 1. The maximum Gasteiger partial charge on any atom is 0.345 e. The Balaban J connectivity index is 1.84. The zero-order chi connectivity index (χ0) is 21.8. The van der Waals surface area contributed by atoms with Gasteiger partial charge < -0.3 is 20.2 Å². The Hall–Kier alpha value is -4.28. The van der Waals surface area contributed by atoms with Crippen LogP contribution in [0.2, 0.25) is 0 Å². The molecule has 0 spiro atoms. The van der Waals surface area contributed by atoms with Crippen molar-refractivity contribution in [1.82, 2.24) is 9.78 Å². The molecule has 1 amide bonds. The zero-order valence-electron chi connectivity index (χ0n) is 16.1. The molecule has 0 bridgehead atoms. The first-order valence-electron chi connectivity index (χ1n) is 8.74. The third-order valence-electron chi connectivity index (χ3n) is 4.07. The summed E-state index contributed by atoms with van der Waals surface area (Å²) in [4.78, 5) is 33.4. The van der Waals surface area contributed by atoms with Crippen LogP contribution in [0.15, 0.2) is 48.5 Å². The van der Waals surface area contributed by atoms with Gasteiger partial charge in [0.25, 0.3) is 11.6 Å². The van der Waals surface area contributed by atoms with Crippen LogP contribution < -0.4 is 10.1 Å². The van der Waals surface area contributed by atoms with Crippen LogP contribution in [0, 0.1) is 34.1 Å². The molecule has 3 aromatic rings. The highest BCUT2D eigenvalue weighted by Gasteiger charge is 2.20. The maximum absolute atomic E-state index is 12.4. The number of hydrogen-bond donors (Lipinski definition) is 1. The molecule has 2 aromatic carbocycles. The molecule has 3 rings (SSSR count). The van der Waals surface area contributed by atoms with E-state index in [1.165, 1.54) is 24.3 Å². The summed E-state index contributed by atoms with van der Waals surface area (Å²) in [7, 11) is 0. The third kappa shape index (κ3) is 4.76. The predicted octanol–water partition coefficient (Wildman–Crippen LogP) is 3.75. The molecule has 0 unspecified atom stereocenters. The second-order valence-electron chi connectivity index (χ2n) is 6.45. The summed E-state index contributed by atoms with van der Waals surface area (Å²) >= 11 is 0. The number of aryl methyl sites for hydroxylation is 2. The second-order valence-corrected chi connectivity index (χ2v) is 6.45. The topological polar surface area (TPSA) is 142 Å². The number of carbonyl (C=O) groups excluding carboxylic acids is 1. The first-order valence-corrected chi connectivity index (χ1v) is 8.74. The van der Waals surface area contributed by atoms with Gasteiger partial charge in [-0.25, -0.2) is 0 Å². The van der Waals surface area contributed by atoms with E-state index in [4.69, 9.17) is 4.74 Å². The van der Waals surface area contributed by atoms with Crippen molar-refractivity contribution in [1.29, 1.82) is 0 Å². The van der Waals surface area contributed by atoms with E-state index < -0.39 is 22.3 Å². The van der Waals surface area contributed by atoms with Crippen molar-refractivity contribution >= 4 is 23.1 Å². The van der Waals surface area contributed by atoms with Crippen LogP contribution in [0.1, 0.15) is 11.3 Å². The van der Waals surface area contributed by atoms with Gasteiger partial charge in [-0.3, -0.25) is 14.9 Å². The van der Waals surface area contributed by atoms with Gasteiger partial charge in [0.05, 0.1) is 28.4 Å². The van der Waals surface area contributed by atoms with Gasteiger partial charge >= 0.3 is 5.82 Å². The van der Waals surface area contributed by atoms with Crippen molar-refractivity contribution in [2.75, 3.05) is 5.32 Å². The second kappa shape index (κ2) is 8.39. The monoisotopic (exact) mass is 411 g/mol. The van der Waals surface area contributed by atoms with Crippen molar-refractivity contribution in [3.05, 3.63) is 80.0 Å². The van der Waals surface area contributed by atoms with E-state index in [-0.39, 0.29) is 22.9 Å². The van der Waals surface area contributed by atoms with E-state index in [2.05, 4.69) is 10.4 Å². The maximum atomic E-state index is 12.4. The molecule has 11 heteroatoms. The number of non-ortho nitro benzene ring substituents is 1. The number of nitro benzene ring substituents is 1. The highest BCUT2D eigenvalue weighted by Crippen LogP contribution is 2.31. The molecule has 0 fully saturated rings. The highest BCUT2D eigenvalue weighted by atomic mass is 16.6. The normalized spacial score (nSPS) is 10.5. The van der Waals surface area contributed by atoms with Gasteiger partial charge in [0, 0.05) is 12.1 Å². The largest absolute Gasteiger partial charge is 0.457 e. The Bertz CT molecular complexity index is 1140. The van der Waals surface area contributed by atoms with Crippen molar-refractivity contribution in [3.63, 3.8) is 0 Å². The van der Waals surface area contributed by atoms with E-state index >= 15 is 0 Å². The Morgan fingerprint density at radius 2 is 1.83 bits per heavy atom. The molecule has 0 saturated heterocycles. The minimum Gasteiger partial charge on any atom is -0.457 e. The summed E-state index contributed by atoms with van der Waals surface area (Å²) in [5, 5.41) is 28.8. The number of hydrogen-bond acceptors (Lipinski definition) is 7. The molecule has 1 aromatic heterocycles. The fraction of sp³-hybridized carbons (Fsp3) is 0.158. The van der Waals surface area contributed by atoms with E-state index in [1.54, 1.807) is 19.1 Å². The number of nitrogens with one attached hydrogen (secondary N) is 1. The van der Waals surface area contributed by atoms with Crippen LogP contribution in [0.5, 0.6) is 11.5 Å². The Kier molecular flexibility index (Phi) is 5.72. The third-order valence-corrected chi connectivity index (χ3v) is 4.07. The molecule has 1 heterocycles. The van der Waals surface area contributed by atoms with Gasteiger partial charge in [-0.1, -0.05) is 23.3 Å². The quantitative estimate of drug-likeness (QED) is 0.461. The molecular formula is C19H17N5O6. The number of anilines is 1. The van der Waals surface area contributed by atoms with Gasteiger partial charge in [-0.05, 0) is 30.4 Å². The lowest BCUT2D eigenvalue weighted by atomic mass is 10.2. The number of amides is 1. The van der Waals surface area contributed by atoms with Gasteiger partial charge in [0.2, 0.25) is 0 Å². The van der Waals surface area contributed by atoms with E-state index in [1.807, 2.05) is 19.1 Å². The number of carbonyl (C=O) groups is 1. The SMILES string of the molecule is Cc1cc([N+](=O)[O-])n(CC(=O)Nc2cc(Oc3ccccc3C)cc([N+](=O)[O-])c2)n1. The molecule has 0 atom stereocenters. The van der Waals surface area contributed by atoms with E-state index in [0.717, 1.165) is 10.2 Å². The first-order chi connectivity index (χ1) is 14.2. The fourth-order valence-corrected chi connectivity index (χ4v) is 2.75. The minimum atomic E-state index is -0.644. The Morgan fingerprint density at radius 3 is 2.50 bits per heavy atom. The van der Waals surface area contributed by atoms with E-state index in [9.17, 15) is 25.0 Å². The fourth-order valence-electron chi connectivity index (χ4n) is 2.75.